The molecule has 0 aliphatic carbocycles. The normalized spacial score (nSPS) is 7.95. The first-order valence-corrected chi connectivity index (χ1v) is 14.9. The monoisotopic (exact) mass is 571 g/mol. The lowest BCUT2D eigenvalue weighted by Crippen LogP contribution is -1.92. The molecule has 0 aliphatic rings. The van der Waals surface area contributed by atoms with E-state index in [2.05, 4.69) is 48.3 Å². The third-order valence-electron chi connectivity index (χ3n) is 5.01. The first-order chi connectivity index (χ1) is 19.3. The van der Waals surface area contributed by atoms with E-state index in [1.807, 2.05) is 142 Å². The van der Waals surface area contributed by atoms with Crippen molar-refractivity contribution in [3.8, 4) is 0 Å². The maximum absolute atomic E-state index is 3.83. The van der Waals surface area contributed by atoms with Gasteiger partial charge in [-0.25, -0.2) is 0 Å². The average Bonchev–Trinajstić information content (AvgIpc) is 3.50. The molecule has 4 aromatic rings. The smallest absolute Gasteiger partial charge is 0.0825 e. The molecule has 0 spiro atoms. The minimum absolute atomic E-state index is 0. The lowest BCUT2D eigenvalue weighted by Gasteiger charge is -1.87. The van der Waals surface area contributed by atoms with Gasteiger partial charge in [-0.1, -0.05) is 172 Å². The molecule has 2 heterocycles. The van der Waals surface area contributed by atoms with Crippen molar-refractivity contribution in [3.63, 3.8) is 0 Å². The van der Waals surface area contributed by atoms with E-state index in [1.165, 1.54) is 25.7 Å². The number of aromatic nitrogens is 6. The van der Waals surface area contributed by atoms with Crippen molar-refractivity contribution < 1.29 is 0 Å². The van der Waals surface area contributed by atoms with Crippen molar-refractivity contribution >= 4 is 0 Å². The van der Waals surface area contributed by atoms with E-state index < -0.39 is 0 Å². The van der Waals surface area contributed by atoms with Crippen LogP contribution in [0, 0.1) is 27.7 Å². The van der Waals surface area contributed by atoms with E-state index in [4.69, 9.17) is 0 Å². The number of aryl methyl sites for hydroxylation is 4. The number of rotatable bonds is 2. The van der Waals surface area contributed by atoms with Crippen molar-refractivity contribution in [2.24, 2.45) is 14.1 Å². The van der Waals surface area contributed by atoms with Gasteiger partial charge < -0.3 is 0 Å². The molecule has 2 aromatic carbocycles. The summed E-state index contributed by atoms with van der Waals surface area (Å²) in [6.45, 7) is 24.6. The molecule has 0 fully saturated rings. The zero-order valence-electron chi connectivity index (χ0n) is 28.4. The molecule has 0 saturated carbocycles. The average molecular weight is 571 g/mol. The highest BCUT2D eigenvalue weighted by Crippen LogP contribution is 1.97. The van der Waals surface area contributed by atoms with Crippen molar-refractivity contribution in [1.82, 2.24) is 30.0 Å². The molecule has 0 N–H and O–H groups in total. The highest BCUT2D eigenvalue weighted by molar-refractivity contribution is 5.04. The maximum atomic E-state index is 3.83. The molecular formula is C35H66N6. The van der Waals surface area contributed by atoms with Crippen LogP contribution in [0.25, 0.3) is 0 Å². The second-order valence-electron chi connectivity index (χ2n) is 8.08. The van der Waals surface area contributed by atoms with Crippen LogP contribution in [0.3, 0.4) is 0 Å². The molecule has 236 valence electrons. The number of unbranched alkanes of at least 4 members (excludes halogenated alkanes) is 2. The van der Waals surface area contributed by atoms with Crippen LogP contribution in [0.1, 0.15) is 111 Å². The van der Waals surface area contributed by atoms with Crippen LogP contribution in [0.4, 0.5) is 0 Å². The van der Waals surface area contributed by atoms with Crippen molar-refractivity contribution in [1.29, 1.82) is 0 Å². The van der Waals surface area contributed by atoms with Gasteiger partial charge in [-0.05, 0) is 27.7 Å². The summed E-state index contributed by atoms with van der Waals surface area (Å²) in [4.78, 5) is 0. The first-order valence-electron chi connectivity index (χ1n) is 14.9. The minimum atomic E-state index is 0. The molecule has 6 nitrogen and oxygen atoms in total. The molecule has 0 saturated heterocycles. The zero-order chi connectivity index (χ0) is 31.6. The first kappa shape index (κ1) is 47.5. The predicted octanol–water partition coefficient (Wildman–Crippen LogP) is 10.5. The minimum Gasteiger partial charge on any atom is -0.252 e. The summed E-state index contributed by atoms with van der Waals surface area (Å²) in [5.74, 6) is 0. The van der Waals surface area contributed by atoms with E-state index in [0.717, 1.165) is 22.8 Å². The maximum Gasteiger partial charge on any atom is 0.0825 e. The zero-order valence-corrected chi connectivity index (χ0v) is 28.4. The Labute approximate surface area is 255 Å². The molecule has 0 unspecified atom stereocenters. The summed E-state index contributed by atoms with van der Waals surface area (Å²) in [6.07, 6.45) is 5.28. The Hall–Kier alpha value is -3.28. The number of nitrogens with zero attached hydrogens (tertiary/aromatic N) is 6. The van der Waals surface area contributed by atoms with Crippen LogP contribution in [-0.4, -0.2) is 30.0 Å². The van der Waals surface area contributed by atoms with Crippen LogP contribution >= 0.6 is 0 Å². The van der Waals surface area contributed by atoms with E-state index in [-0.39, 0.29) is 7.43 Å². The number of benzene rings is 2. The van der Waals surface area contributed by atoms with Crippen LogP contribution < -0.4 is 0 Å². The fourth-order valence-electron chi connectivity index (χ4n) is 1.79. The summed E-state index contributed by atoms with van der Waals surface area (Å²) < 4.78 is 3.52. The van der Waals surface area contributed by atoms with Crippen LogP contribution in [0.2, 0.25) is 0 Å². The molecule has 0 amide bonds. The second kappa shape index (κ2) is 38.9. The third-order valence-corrected chi connectivity index (χ3v) is 5.01. The fraction of sp³-hybridized carbons (Fsp3) is 0.543. The predicted molar refractivity (Wildman–Crippen MR) is 184 cm³/mol. The van der Waals surface area contributed by atoms with Gasteiger partial charge in [-0.2, -0.15) is 0 Å². The number of hydrogen-bond donors (Lipinski definition) is 0. The van der Waals surface area contributed by atoms with E-state index in [1.54, 1.807) is 9.36 Å². The van der Waals surface area contributed by atoms with Gasteiger partial charge in [0.25, 0.3) is 0 Å². The Balaban J connectivity index is -0.000000125. The quantitative estimate of drug-likeness (QED) is 0.240. The molecule has 4 rings (SSSR count). The van der Waals surface area contributed by atoms with Gasteiger partial charge in [-0.15, -0.1) is 10.2 Å². The summed E-state index contributed by atoms with van der Waals surface area (Å²) >= 11 is 0. The van der Waals surface area contributed by atoms with Gasteiger partial charge in [0, 0.05) is 14.1 Å². The Kier molecular flexibility index (Phi) is 45.0. The lowest BCUT2D eigenvalue weighted by molar-refractivity contribution is 0.696. The van der Waals surface area contributed by atoms with Gasteiger partial charge in [0.1, 0.15) is 0 Å². The van der Waals surface area contributed by atoms with E-state index in [9.17, 15) is 0 Å². The van der Waals surface area contributed by atoms with Gasteiger partial charge in [0.05, 0.1) is 22.8 Å². The highest BCUT2D eigenvalue weighted by atomic mass is 15.4. The lowest BCUT2D eigenvalue weighted by atomic mass is 10.4. The van der Waals surface area contributed by atoms with Crippen LogP contribution in [-0.2, 0) is 14.1 Å². The highest BCUT2D eigenvalue weighted by Gasteiger charge is 1.96. The Bertz CT molecular complexity index is 771. The molecule has 0 radical (unpaired) electrons. The van der Waals surface area contributed by atoms with Crippen molar-refractivity contribution in [2.45, 2.75) is 116 Å². The van der Waals surface area contributed by atoms with E-state index >= 15 is 0 Å². The summed E-state index contributed by atoms with van der Waals surface area (Å²) in [5, 5.41) is 15.2. The second-order valence-corrected chi connectivity index (χ2v) is 8.08. The third kappa shape index (κ3) is 32.8. The molecule has 6 heteroatoms. The summed E-state index contributed by atoms with van der Waals surface area (Å²) in [5.41, 5.74) is 4.27. The standard InChI is InChI=1S/2C6H6.2C5H9N3.2C4H10.2C2H6.CH4/c2*1-2-4-6-5-3-1;2*1-4-5(2)8(3)7-6-4;2*1-3-4-2;2*1-2;/h2*1-6H;2*1-3H3;2*3-4H2,1-2H3;2*1-2H3;1H4. The molecule has 2 aromatic heterocycles. The van der Waals surface area contributed by atoms with Gasteiger partial charge in [0.2, 0.25) is 0 Å². The van der Waals surface area contributed by atoms with E-state index in [0.29, 0.717) is 0 Å². The summed E-state index contributed by atoms with van der Waals surface area (Å²) in [7, 11) is 3.77. The molecular weight excluding hydrogens is 504 g/mol. The Morgan fingerprint density at radius 1 is 0.439 bits per heavy atom. The topological polar surface area (TPSA) is 61.4 Å². The van der Waals surface area contributed by atoms with Crippen LogP contribution in [0.5, 0.6) is 0 Å². The van der Waals surface area contributed by atoms with Gasteiger partial charge in [-0.3, -0.25) is 9.36 Å². The molecule has 0 atom stereocenters. The fourth-order valence-corrected chi connectivity index (χ4v) is 1.79. The Morgan fingerprint density at radius 3 is 0.659 bits per heavy atom. The van der Waals surface area contributed by atoms with Gasteiger partial charge in [0.15, 0.2) is 0 Å². The molecule has 0 aliphatic heterocycles. The Morgan fingerprint density at radius 2 is 0.610 bits per heavy atom. The molecule has 41 heavy (non-hydrogen) atoms. The van der Waals surface area contributed by atoms with Crippen molar-refractivity contribution in [2.75, 3.05) is 0 Å². The van der Waals surface area contributed by atoms with Crippen LogP contribution in [0.15, 0.2) is 72.8 Å². The van der Waals surface area contributed by atoms with Crippen molar-refractivity contribution in [3.05, 3.63) is 95.6 Å². The summed E-state index contributed by atoms with van der Waals surface area (Å²) in [6, 6.07) is 24.0. The largest absolute Gasteiger partial charge is 0.252 e. The molecule has 0 bridgehead atoms. The number of hydrogen-bond acceptors (Lipinski definition) is 4. The van der Waals surface area contributed by atoms with Gasteiger partial charge >= 0.3 is 0 Å². The SMILES string of the molecule is C.CC.CC.CCCC.CCCC.Cc1nnn(C)c1C.Cc1nnn(C)c1C.c1ccccc1.c1ccccc1.